The molecule has 0 aliphatic heterocycles. The number of para-hydroxylation sites is 1. The number of halogens is 1. The summed E-state index contributed by atoms with van der Waals surface area (Å²) in [5.41, 5.74) is 0.959. The fourth-order valence-corrected chi connectivity index (χ4v) is 2.46. The van der Waals surface area contributed by atoms with Crippen LogP contribution in [0, 0.1) is 5.82 Å². The first kappa shape index (κ1) is 12.6. The molecule has 0 spiro atoms. The van der Waals surface area contributed by atoms with E-state index in [9.17, 15) is 9.18 Å². The molecule has 0 aliphatic carbocycles. The highest BCUT2D eigenvalue weighted by Gasteiger charge is 2.04. The van der Waals surface area contributed by atoms with Crippen molar-refractivity contribution in [1.82, 2.24) is 9.38 Å². The minimum atomic E-state index is -0.459. The van der Waals surface area contributed by atoms with Gasteiger partial charge in [-0.3, -0.25) is 9.20 Å². The van der Waals surface area contributed by atoms with Gasteiger partial charge in [0, 0.05) is 17.7 Å². The summed E-state index contributed by atoms with van der Waals surface area (Å²) >= 11 is 1.51. The van der Waals surface area contributed by atoms with Crippen LogP contribution in [0.3, 0.4) is 0 Å². The molecule has 0 bridgehead atoms. The first-order chi connectivity index (χ1) is 9.74. The molecule has 0 fully saturated rings. The summed E-state index contributed by atoms with van der Waals surface area (Å²) in [6.45, 7) is 0. The standard InChI is InChI=1S/C14H10FN3OS/c15-11-3-1-2-4-12(11)17-13(19)6-5-10-9-16-14-18(10)7-8-20-14/h1-9H,(H,17,19)/b6-5+. The first-order valence-corrected chi connectivity index (χ1v) is 6.76. The third-order valence-electron chi connectivity index (χ3n) is 2.71. The van der Waals surface area contributed by atoms with Crippen LogP contribution < -0.4 is 5.32 Å². The quantitative estimate of drug-likeness (QED) is 0.752. The lowest BCUT2D eigenvalue weighted by atomic mass is 10.3. The highest BCUT2D eigenvalue weighted by atomic mass is 32.1. The van der Waals surface area contributed by atoms with Gasteiger partial charge < -0.3 is 5.32 Å². The Bertz CT molecular complexity index is 790. The van der Waals surface area contributed by atoms with Gasteiger partial charge in [-0.2, -0.15) is 0 Å². The Labute approximate surface area is 118 Å². The monoisotopic (exact) mass is 287 g/mol. The van der Waals surface area contributed by atoms with Crippen molar-refractivity contribution in [2.45, 2.75) is 0 Å². The number of anilines is 1. The predicted molar refractivity (Wildman–Crippen MR) is 77.1 cm³/mol. The number of hydrogen-bond acceptors (Lipinski definition) is 3. The molecule has 100 valence electrons. The third-order valence-corrected chi connectivity index (χ3v) is 3.48. The molecule has 0 atom stereocenters. The number of fused-ring (bicyclic) bond motifs is 1. The van der Waals surface area contributed by atoms with Crippen molar-refractivity contribution in [2.75, 3.05) is 5.32 Å². The molecule has 1 N–H and O–H groups in total. The van der Waals surface area contributed by atoms with Crippen LogP contribution in [0.15, 0.2) is 48.1 Å². The van der Waals surface area contributed by atoms with Gasteiger partial charge in [-0.05, 0) is 18.2 Å². The molecule has 2 heterocycles. The SMILES string of the molecule is O=C(/C=C/c1cnc2sccn12)Nc1ccccc1F. The molecule has 1 amide bonds. The number of imidazole rings is 1. The van der Waals surface area contributed by atoms with E-state index in [4.69, 9.17) is 0 Å². The number of rotatable bonds is 3. The highest BCUT2D eigenvalue weighted by Crippen LogP contribution is 2.14. The second-order valence-electron chi connectivity index (χ2n) is 4.04. The van der Waals surface area contributed by atoms with E-state index in [0.717, 1.165) is 10.7 Å². The molecular formula is C14H10FN3OS. The van der Waals surface area contributed by atoms with E-state index in [1.54, 1.807) is 24.4 Å². The zero-order valence-corrected chi connectivity index (χ0v) is 11.1. The topological polar surface area (TPSA) is 46.4 Å². The fourth-order valence-electron chi connectivity index (χ4n) is 1.77. The molecule has 20 heavy (non-hydrogen) atoms. The molecule has 0 radical (unpaired) electrons. The summed E-state index contributed by atoms with van der Waals surface area (Å²) in [6.07, 6.45) is 6.55. The van der Waals surface area contributed by atoms with Gasteiger partial charge in [0.25, 0.3) is 0 Å². The van der Waals surface area contributed by atoms with Gasteiger partial charge in [0.2, 0.25) is 5.91 Å². The van der Waals surface area contributed by atoms with Crippen molar-refractivity contribution < 1.29 is 9.18 Å². The van der Waals surface area contributed by atoms with Crippen LogP contribution >= 0.6 is 11.3 Å². The summed E-state index contributed by atoms with van der Waals surface area (Å²) in [7, 11) is 0. The molecule has 0 unspecified atom stereocenters. The second kappa shape index (κ2) is 5.26. The molecule has 0 aliphatic rings. The molecular weight excluding hydrogens is 277 g/mol. The van der Waals surface area contributed by atoms with Crippen molar-refractivity contribution in [3.63, 3.8) is 0 Å². The number of amides is 1. The van der Waals surface area contributed by atoms with Gasteiger partial charge in [0.1, 0.15) is 5.82 Å². The van der Waals surface area contributed by atoms with Gasteiger partial charge in [-0.1, -0.05) is 12.1 Å². The molecule has 1 aromatic carbocycles. The molecule has 0 saturated heterocycles. The molecule has 3 aromatic rings. The minimum Gasteiger partial charge on any atom is -0.320 e. The molecule has 3 rings (SSSR count). The van der Waals surface area contributed by atoms with Crippen molar-refractivity contribution in [2.24, 2.45) is 0 Å². The second-order valence-corrected chi connectivity index (χ2v) is 4.91. The van der Waals surface area contributed by atoms with Gasteiger partial charge in [-0.25, -0.2) is 9.37 Å². The van der Waals surface area contributed by atoms with Gasteiger partial charge in [-0.15, -0.1) is 11.3 Å². The Morgan fingerprint density at radius 3 is 3.10 bits per heavy atom. The maximum Gasteiger partial charge on any atom is 0.248 e. The number of hydrogen-bond donors (Lipinski definition) is 1. The lowest BCUT2D eigenvalue weighted by Gasteiger charge is -2.02. The van der Waals surface area contributed by atoms with Crippen LogP contribution in [0.5, 0.6) is 0 Å². The normalized spacial score (nSPS) is 11.2. The molecule has 6 heteroatoms. The zero-order valence-electron chi connectivity index (χ0n) is 10.3. The lowest BCUT2D eigenvalue weighted by molar-refractivity contribution is -0.111. The van der Waals surface area contributed by atoms with Crippen LogP contribution in [-0.2, 0) is 4.79 Å². The van der Waals surface area contributed by atoms with Crippen molar-refractivity contribution in [1.29, 1.82) is 0 Å². The minimum absolute atomic E-state index is 0.163. The lowest BCUT2D eigenvalue weighted by Crippen LogP contribution is -2.09. The van der Waals surface area contributed by atoms with E-state index >= 15 is 0 Å². The number of aromatic nitrogens is 2. The average molecular weight is 287 g/mol. The Hall–Kier alpha value is -2.47. The van der Waals surface area contributed by atoms with E-state index in [1.807, 2.05) is 16.0 Å². The smallest absolute Gasteiger partial charge is 0.248 e. The Morgan fingerprint density at radius 2 is 2.25 bits per heavy atom. The third kappa shape index (κ3) is 2.46. The maximum atomic E-state index is 13.4. The van der Waals surface area contributed by atoms with Gasteiger partial charge >= 0.3 is 0 Å². The highest BCUT2D eigenvalue weighted by molar-refractivity contribution is 7.15. The first-order valence-electron chi connectivity index (χ1n) is 5.88. The Balaban J connectivity index is 1.75. The van der Waals surface area contributed by atoms with Crippen molar-refractivity contribution >= 4 is 34.0 Å². The number of benzene rings is 1. The molecule has 2 aromatic heterocycles. The number of carbonyl (C=O) groups excluding carboxylic acids is 1. The van der Waals surface area contributed by atoms with E-state index in [0.29, 0.717) is 0 Å². The Morgan fingerprint density at radius 1 is 1.40 bits per heavy atom. The fraction of sp³-hybridized carbons (Fsp3) is 0. The van der Waals surface area contributed by atoms with Gasteiger partial charge in [0.15, 0.2) is 4.96 Å². The maximum absolute atomic E-state index is 13.4. The van der Waals surface area contributed by atoms with E-state index in [2.05, 4.69) is 10.3 Å². The van der Waals surface area contributed by atoms with Gasteiger partial charge in [0.05, 0.1) is 17.6 Å². The van der Waals surface area contributed by atoms with Crippen LogP contribution in [-0.4, -0.2) is 15.3 Å². The van der Waals surface area contributed by atoms with E-state index in [-0.39, 0.29) is 11.6 Å². The average Bonchev–Trinajstić information content (AvgIpc) is 3.02. The van der Waals surface area contributed by atoms with Crippen molar-refractivity contribution in [3.05, 3.63) is 59.6 Å². The number of carbonyl (C=O) groups is 1. The van der Waals surface area contributed by atoms with E-state index in [1.165, 1.54) is 29.5 Å². The zero-order chi connectivity index (χ0) is 13.9. The van der Waals surface area contributed by atoms with Crippen LogP contribution in [0.25, 0.3) is 11.0 Å². The summed E-state index contributed by atoms with van der Waals surface area (Å²) in [5, 5.41) is 4.40. The van der Waals surface area contributed by atoms with Crippen LogP contribution in [0.1, 0.15) is 5.69 Å². The predicted octanol–water partition coefficient (Wildman–Crippen LogP) is 3.19. The Kier molecular flexibility index (Phi) is 3.30. The molecule has 0 saturated carbocycles. The summed E-state index contributed by atoms with van der Waals surface area (Å²) in [4.78, 5) is 16.8. The number of thiazole rings is 1. The van der Waals surface area contributed by atoms with Crippen LogP contribution in [0.2, 0.25) is 0 Å². The summed E-state index contributed by atoms with van der Waals surface area (Å²) < 4.78 is 15.3. The largest absolute Gasteiger partial charge is 0.320 e. The number of nitrogens with one attached hydrogen (secondary N) is 1. The molecule has 4 nitrogen and oxygen atoms in total. The van der Waals surface area contributed by atoms with Crippen LogP contribution in [0.4, 0.5) is 10.1 Å². The summed E-state index contributed by atoms with van der Waals surface area (Å²) in [6, 6.07) is 6.04. The van der Waals surface area contributed by atoms with Crippen molar-refractivity contribution in [3.8, 4) is 0 Å². The number of nitrogens with zero attached hydrogens (tertiary/aromatic N) is 2. The summed E-state index contributed by atoms with van der Waals surface area (Å²) in [5.74, 6) is -0.848. The van der Waals surface area contributed by atoms with E-state index < -0.39 is 5.82 Å².